The summed E-state index contributed by atoms with van der Waals surface area (Å²) in [7, 11) is 0. The van der Waals surface area contributed by atoms with Gasteiger partial charge < -0.3 is 4.74 Å². The zero-order valence-electron chi connectivity index (χ0n) is 8.11. The molecule has 1 atom stereocenters. The molecule has 1 aromatic heterocycles. The lowest BCUT2D eigenvalue weighted by atomic mass is 10.2. The van der Waals surface area contributed by atoms with Crippen molar-refractivity contribution in [3.8, 4) is 0 Å². The van der Waals surface area contributed by atoms with Crippen LogP contribution in [0.4, 0.5) is 0 Å². The van der Waals surface area contributed by atoms with Crippen LogP contribution in [-0.4, -0.2) is 27.3 Å². The van der Waals surface area contributed by atoms with Crippen LogP contribution in [0, 0.1) is 0 Å². The number of hydrogen-bond donors (Lipinski definition) is 0. The number of nitrogens with zero attached hydrogens (tertiary/aromatic N) is 3. The smallest absolute Gasteiger partial charge is 0.330 e. The van der Waals surface area contributed by atoms with Gasteiger partial charge in [-0.2, -0.15) is 0 Å². The Morgan fingerprint density at radius 3 is 2.86 bits per heavy atom. The molecule has 1 unspecified atom stereocenters. The summed E-state index contributed by atoms with van der Waals surface area (Å²) in [6.45, 7) is 4.06. The second-order valence-electron chi connectivity index (χ2n) is 2.67. The lowest BCUT2D eigenvalue weighted by molar-refractivity contribution is -0.147. The second kappa shape index (κ2) is 5.09. The molecule has 0 saturated heterocycles. The molecule has 0 amide bonds. The van der Waals surface area contributed by atoms with Gasteiger partial charge in [-0.05, 0) is 29.3 Å². The minimum Gasteiger partial charge on any atom is -0.464 e. The van der Waals surface area contributed by atoms with Crippen LogP contribution in [0.25, 0.3) is 0 Å². The molecule has 1 aromatic rings. The highest BCUT2D eigenvalue weighted by molar-refractivity contribution is 9.10. The first-order valence-electron chi connectivity index (χ1n) is 4.42. The van der Waals surface area contributed by atoms with E-state index < -0.39 is 0 Å². The predicted octanol–water partition coefficient (Wildman–Crippen LogP) is 1.55. The van der Waals surface area contributed by atoms with E-state index in [1.807, 2.05) is 6.92 Å². The summed E-state index contributed by atoms with van der Waals surface area (Å²) in [4.78, 5) is 15.3. The zero-order chi connectivity index (χ0) is 10.6. The quantitative estimate of drug-likeness (QED) is 0.772. The van der Waals surface area contributed by atoms with Crippen LogP contribution >= 0.6 is 15.9 Å². The Morgan fingerprint density at radius 2 is 2.43 bits per heavy atom. The van der Waals surface area contributed by atoms with Gasteiger partial charge in [0.25, 0.3) is 0 Å². The first-order chi connectivity index (χ1) is 6.69. The van der Waals surface area contributed by atoms with Crippen molar-refractivity contribution in [1.29, 1.82) is 0 Å². The molecular formula is C8H12BrN3O2. The summed E-state index contributed by atoms with van der Waals surface area (Å²) in [5.74, 6) is -0.271. The zero-order valence-corrected chi connectivity index (χ0v) is 9.69. The maximum absolute atomic E-state index is 11.5. The molecule has 1 heterocycles. The Morgan fingerprint density at radius 1 is 1.71 bits per heavy atom. The van der Waals surface area contributed by atoms with Crippen molar-refractivity contribution in [2.45, 2.75) is 26.3 Å². The van der Waals surface area contributed by atoms with Crippen molar-refractivity contribution >= 4 is 21.9 Å². The number of halogens is 1. The standard InChI is InChI=1S/C8H12BrN3O2/c1-3-6(7(13)14-4-2)12-5-10-8(9)11-12/h5-6H,3-4H2,1-2H3. The van der Waals surface area contributed by atoms with Crippen LogP contribution < -0.4 is 0 Å². The number of aromatic nitrogens is 3. The van der Waals surface area contributed by atoms with Gasteiger partial charge in [-0.3, -0.25) is 0 Å². The summed E-state index contributed by atoms with van der Waals surface area (Å²) in [5, 5.41) is 4.01. The normalized spacial score (nSPS) is 12.5. The highest BCUT2D eigenvalue weighted by Gasteiger charge is 2.20. The molecule has 14 heavy (non-hydrogen) atoms. The molecule has 0 aliphatic carbocycles. The summed E-state index contributed by atoms with van der Waals surface area (Å²) in [6.07, 6.45) is 2.14. The van der Waals surface area contributed by atoms with Gasteiger partial charge in [0, 0.05) is 0 Å². The Balaban J connectivity index is 2.76. The number of carbonyl (C=O) groups excluding carboxylic acids is 1. The van der Waals surface area contributed by atoms with Gasteiger partial charge in [0.2, 0.25) is 4.73 Å². The predicted molar refractivity (Wildman–Crippen MR) is 53.7 cm³/mol. The Labute approximate surface area is 90.6 Å². The van der Waals surface area contributed by atoms with Crippen molar-refractivity contribution in [2.24, 2.45) is 0 Å². The van der Waals surface area contributed by atoms with Crippen molar-refractivity contribution in [3.05, 3.63) is 11.1 Å². The third-order valence-electron chi connectivity index (χ3n) is 1.75. The van der Waals surface area contributed by atoms with Crippen molar-refractivity contribution in [1.82, 2.24) is 14.8 Å². The van der Waals surface area contributed by atoms with Crippen LogP contribution in [0.3, 0.4) is 0 Å². The molecule has 0 aliphatic rings. The van der Waals surface area contributed by atoms with E-state index in [2.05, 4.69) is 26.0 Å². The fourth-order valence-electron chi connectivity index (χ4n) is 1.10. The van der Waals surface area contributed by atoms with Crippen LogP contribution in [-0.2, 0) is 9.53 Å². The molecule has 0 aliphatic heterocycles. The van der Waals surface area contributed by atoms with E-state index in [0.717, 1.165) is 0 Å². The number of ether oxygens (including phenoxy) is 1. The van der Waals surface area contributed by atoms with E-state index in [0.29, 0.717) is 17.8 Å². The molecule has 78 valence electrons. The number of esters is 1. The highest BCUT2D eigenvalue weighted by atomic mass is 79.9. The molecular weight excluding hydrogens is 250 g/mol. The topological polar surface area (TPSA) is 57.0 Å². The van der Waals surface area contributed by atoms with Gasteiger partial charge in [-0.15, -0.1) is 5.10 Å². The Hall–Kier alpha value is -0.910. The monoisotopic (exact) mass is 261 g/mol. The molecule has 0 aromatic carbocycles. The van der Waals surface area contributed by atoms with Crippen LogP contribution in [0.15, 0.2) is 11.1 Å². The number of rotatable bonds is 4. The molecule has 0 spiro atoms. The molecule has 0 fully saturated rings. The van der Waals surface area contributed by atoms with Gasteiger partial charge >= 0.3 is 5.97 Å². The second-order valence-corrected chi connectivity index (χ2v) is 3.38. The minimum atomic E-state index is -0.381. The van der Waals surface area contributed by atoms with Gasteiger partial charge in [-0.25, -0.2) is 14.5 Å². The Bertz CT molecular complexity index is 313. The largest absolute Gasteiger partial charge is 0.464 e. The van der Waals surface area contributed by atoms with E-state index in [1.54, 1.807) is 6.92 Å². The third kappa shape index (κ3) is 2.54. The third-order valence-corrected chi connectivity index (χ3v) is 2.11. The Kier molecular flexibility index (Phi) is 4.06. The van der Waals surface area contributed by atoms with Crippen molar-refractivity contribution in [2.75, 3.05) is 6.61 Å². The van der Waals surface area contributed by atoms with Crippen LogP contribution in [0.5, 0.6) is 0 Å². The molecule has 0 radical (unpaired) electrons. The van der Waals surface area contributed by atoms with E-state index in [-0.39, 0.29) is 12.0 Å². The average molecular weight is 262 g/mol. The molecule has 5 nitrogen and oxygen atoms in total. The van der Waals surface area contributed by atoms with E-state index >= 15 is 0 Å². The first kappa shape index (κ1) is 11.2. The minimum absolute atomic E-state index is 0.271. The van der Waals surface area contributed by atoms with E-state index in [9.17, 15) is 4.79 Å². The van der Waals surface area contributed by atoms with E-state index in [4.69, 9.17) is 4.74 Å². The van der Waals surface area contributed by atoms with Crippen LogP contribution in [0.1, 0.15) is 26.3 Å². The summed E-state index contributed by atoms with van der Waals surface area (Å²) >= 11 is 3.12. The highest BCUT2D eigenvalue weighted by Crippen LogP contribution is 2.13. The first-order valence-corrected chi connectivity index (χ1v) is 5.21. The number of hydrogen-bond acceptors (Lipinski definition) is 4. The average Bonchev–Trinajstić information content (AvgIpc) is 2.54. The van der Waals surface area contributed by atoms with Crippen molar-refractivity contribution in [3.63, 3.8) is 0 Å². The van der Waals surface area contributed by atoms with Crippen LogP contribution in [0.2, 0.25) is 0 Å². The fourth-order valence-corrected chi connectivity index (χ4v) is 1.38. The molecule has 6 heteroatoms. The molecule has 1 rings (SSSR count). The summed E-state index contributed by atoms with van der Waals surface area (Å²) in [5.41, 5.74) is 0. The summed E-state index contributed by atoms with van der Waals surface area (Å²) < 4.78 is 6.89. The number of carbonyl (C=O) groups is 1. The van der Waals surface area contributed by atoms with E-state index in [1.165, 1.54) is 11.0 Å². The van der Waals surface area contributed by atoms with Gasteiger partial charge in [0.05, 0.1) is 6.61 Å². The van der Waals surface area contributed by atoms with Crippen molar-refractivity contribution < 1.29 is 9.53 Å². The fraction of sp³-hybridized carbons (Fsp3) is 0.625. The SMILES string of the molecule is CCOC(=O)C(CC)n1cnc(Br)n1. The van der Waals surface area contributed by atoms with Gasteiger partial charge in [0.1, 0.15) is 6.33 Å². The summed E-state index contributed by atoms with van der Waals surface area (Å²) in [6, 6.07) is -0.381. The molecule has 0 N–H and O–H groups in total. The maximum atomic E-state index is 11.5. The lowest BCUT2D eigenvalue weighted by Crippen LogP contribution is -2.21. The van der Waals surface area contributed by atoms with Gasteiger partial charge in [0.15, 0.2) is 6.04 Å². The molecule has 0 bridgehead atoms. The van der Waals surface area contributed by atoms with Gasteiger partial charge in [-0.1, -0.05) is 6.92 Å². The maximum Gasteiger partial charge on any atom is 0.330 e. The molecule has 0 saturated carbocycles. The lowest BCUT2D eigenvalue weighted by Gasteiger charge is -2.12.